The van der Waals surface area contributed by atoms with E-state index in [1.165, 1.54) is 0 Å². The summed E-state index contributed by atoms with van der Waals surface area (Å²) in [5.41, 5.74) is 7.39. The smallest absolute Gasteiger partial charge is 0.305 e. The van der Waals surface area contributed by atoms with Crippen LogP contribution in [-0.2, 0) is 52.9 Å². The standard InChI is InChI=1S/C32H41N9O8/c33-32(34)36-12-4-7-22-28(46)37-17-26(43)38-25(15-27(44)45)31(49)41-23(13-19-5-2-1-3-6-19)30(48)40-24(29(47)39-22)14-20-8-10-21(11-9-20)16-35-18-42/h1-3,5-6,8-11,18,22-25H,4,7,12-17H2,(H,35,42)(H,37,46)(H,38,43)(H,39,47)(H,40,48)(H,41,49)(H,44,45)(H4,33,34,36)/t22-,23+,24-,25-/m0/s1. The number of hydrogen-bond acceptors (Lipinski definition) is 8. The van der Waals surface area contributed by atoms with E-state index in [0.717, 1.165) is 5.56 Å². The largest absolute Gasteiger partial charge is 0.481 e. The number of carbonyl (C=O) groups is 7. The van der Waals surface area contributed by atoms with Crippen molar-refractivity contribution in [2.45, 2.75) is 62.8 Å². The lowest BCUT2D eigenvalue weighted by molar-refractivity contribution is -0.141. The molecule has 262 valence electrons. The van der Waals surface area contributed by atoms with Gasteiger partial charge in [0.05, 0.1) is 13.0 Å². The third-order valence-electron chi connectivity index (χ3n) is 7.47. The zero-order valence-corrected chi connectivity index (χ0v) is 26.6. The van der Waals surface area contributed by atoms with Gasteiger partial charge in [-0.25, -0.2) is 0 Å². The molecule has 3 rings (SSSR count). The van der Waals surface area contributed by atoms with Crippen LogP contribution in [0.1, 0.15) is 36.0 Å². The summed E-state index contributed by atoms with van der Waals surface area (Å²) in [6, 6.07) is 10.2. The fraction of sp³-hybridized carbons (Fsp3) is 0.375. The highest BCUT2D eigenvalue weighted by atomic mass is 16.4. The Labute approximate surface area is 282 Å². The van der Waals surface area contributed by atoms with Crippen molar-refractivity contribution in [2.24, 2.45) is 5.73 Å². The summed E-state index contributed by atoms with van der Waals surface area (Å²) in [5, 5.41) is 34.5. The Bertz CT molecular complexity index is 1500. The number of aliphatic carboxylic acids is 1. The molecule has 17 heteroatoms. The molecule has 17 nitrogen and oxygen atoms in total. The molecule has 0 saturated carbocycles. The van der Waals surface area contributed by atoms with E-state index in [4.69, 9.17) is 11.1 Å². The molecule has 6 amide bonds. The second-order valence-electron chi connectivity index (χ2n) is 11.3. The zero-order valence-electron chi connectivity index (χ0n) is 26.6. The molecule has 1 aliphatic heterocycles. The van der Waals surface area contributed by atoms with E-state index in [0.29, 0.717) is 17.5 Å². The van der Waals surface area contributed by atoms with Crippen LogP contribution in [0.15, 0.2) is 54.6 Å². The molecule has 49 heavy (non-hydrogen) atoms. The molecule has 1 heterocycles. The Morgan fingerprint density at radius 1 is 0.796 bits per heavy atom. The predicted octanol–water partition coefficient (Wildman–Crippen LogP) is -2.48. The van der Waals surface area contributed by atoms with Gasteiger partial charge in [-0.2, -0.15) is 0 Å². The lowest BCUT2D eigenvalue weighted by atomic mass is 10.0. The average molecular weight is 680 g/mol. The van der Waals surface area contributed by atoms with Crippen molar-refractivity contribution >= 4 is 47.9 Å². The monoisotopic (exact) mass is 679 g/mol. The van der Waals surface area contributed by atoms with E-state index in [1.54, 1.807) is 54.6 Å². The second-order valence-corrected chi connectivity index (χ2v) is 11.3. The fourth-order valence-corrected chi connectivity index (χ4v) is 4.99. The molecular weight excluding hydrogens is 638 g/mol. The van der Waals surface area contributed by atoms with Crippen LogP contribution in [0, 0.1) is 5.41 Å². The van der Waals surface area contributed by atoms with E-state index < -0.39 is 72.6 Å². The van der Waals surface area contributed by atoms with Gasteiger partial charge in [0.2, 0.25) is 35.9 Å². The van der Waals surface area contributed by atoms with Gasteiger partial charge in [-0.05, 0) is 29.5 Å². The molecule has 1 aliphatic rings. The van der Waals surface area contributed by atoms with Crippen LogP contribution < -0.4 is 43.0 Å². The summed E-state index contributed by atoms with van der Waals surface area (Å²) in [6.45, 7) is -0.159. The molecule has 2 aromatic carbocycles. The van der Waals surface area contributed by atoms with Gasteiger partial charge < -0.3 is 48.1 Å². The van der Waals surface area contributed by atoms with Crippen LogP contribution in [0.2, 0.25) is 0 Å². The molecule has 0 spiro atoms. The molecule has 1 saturated heterocycles. The highest BCUT2D eigenvalue weighted by molar-refractivity contribution is 5.98. The lowest BCUT2D eigenvalue weighted by Gasteiger charge is -2.26. The first-order valence-electron chi connectivity index (χ1n) is 15.5. The predicted molar refractivity (Wildman–Crippen MR) is 175 cm³/mol. The zero-order chi connectivity index (χ0) is 35.8. The minimum atomic E-state index is -1.59. The van der Waals surface area contributed by atoms with Crippen molar-refractivity contribution in [2.75, 3.05) is 13.1 Å². The molecule has 0 bridgehead atoms. The van der Waals surface area contributed by atoms with E-state index in [1.807, 2.05) is 0 Å². The molecule has 0 aromatic heterocycles. The second kappa shape index (κ2) is 19.0. The topological polar surface area (TPSA) is 274 Å². The Balaban J connectivity index is 1.99. The van der Waals surface area contributed by atoms with Gasteiger partial charge in [-0.15, -0.1) is 0 Å². The third-order valence-corrected chi connectivity index (χ3v) is 7.47. The maximum absolute atomic E-state index is 13.9. The average Bonchev–Trinajstić information content (AvgIpc) is 3.07. The number of nitrogens with one attached hydrogen (secondary N) is 8. The number of carboxylic acids is 1. The normalized spacial score (nSPS) is 20.5. The van der Waals surface area contributed by atoms with Gasteiger partial charge >= 0.3 is 5.97 Å². The Morgan fingerprint density at radius 3 is 1.92 bits per heavy atom. The van der Waals surface area contributed by atoms with Gasteiger partial charge in [0, 0.05) is 25.9 Å². The third kappa shape index (κ3) is 13.0. The summed E-state index contributed by atoms with van der Waals surface area (Å²) in [7, 11) is 0. The van der Waals surface area contributed by atoms with Gasteiger partial charge in [-0.3, -0.25) is 39.0 Å². The Morgan fingerprint density at radius 2 is 1.35 bits per heavy atom. The maximum atomic E-state index is 13.9. The van der Waals surface area contributed by atoms with Gasteiger partial charge in [0.25, 0.3) is 0 Å². The van der Waals surface area contributed by atoms with Gasteiger partial charge in [0.1, 0.15) is 24.2 Å². The maximum Gasteiger partial charge on any atom is 0.305 e. The summed E-state index contributed by atoms with van der Waals surface area (Å²) < 4.78 is 0. The number of amides is 6. The molecule has 0 radical (unpaired) electrons. The number of hydrogen-bond donors (Lipinski definition) is 10. The summed E-state index contributed by atoms with van der Waals surface area (Å²) in [5.74, 6) is -5.76. The van der Waals surface area contributed by atoms with Crippen molar-refractivity contribution < 1.29 is 38.7 Å². The molecule has 1 fully saturated rings. The van der Waals surface area contributed by atoms with E-state index in [9.17, 15) is 38.7 Å². The van der Waals surface area contributed by atoms with Crippen molar-refractivity contribution in [1.29, 1.82) is 5.41 Å². The number of nitrogens with two attached hydrogens (primary N) is 1. The molecule has 2 aromatic rings. The SMILES string of the molecule is N=C(N)NCCC[C@@H]1NC(=O)[C@H](Cc2ccc(CNC=O)cc2)NC(=O)[C@@H](Cc2ccccc2)NC(=O)[C@H](CC(=O)O)NC(=O)CNC1=O. The molecule has 11 N–H and O–H groups in total. The first kappa shape index (κ1) is 37.5. The van der Waals surface area contributed by atoms with E-state index >= 15 is 0 Å². The number of benzene rings is 2. The summed E-state index contributed by atoms with van der Waals surface area (Å²) in [4.78, 5) is 89.3. The highest BCUT2D eigenvalue weighted by Crippen LogP contribution is 2.11. The Hall–Kier alpha value is -6.00. The van der Waals surface area contributed by atoms with Crippen LogP contribution in [0.5, 0.6) is 0 Å². The minimum Gasteiger partial charge on any atom is -0.481 e. The van der Waals surface area contributed by atoms with Crippen LogP contribution in [0.25, 0.3) is 0 Å². The van der Waals surface area contributed by atoms with E-state index in [-0.39, 0.29) is 44.7 Å². The number of guanidine groups is 1. The molecule has 4 atom stereocenters. The quantitative estimate of drug-likeness (QED) is 0.0461. The van der Waals surface area contributed by atoms with Gasteiger partial charge in [-0.1, -0.05) is 54.6 Å². The minimum absolute atomic E-state index is 0.0348. The number of carboxylic acid groups (broad SMARTS) is 1. The lowest BCUT2D eigenvalue weighted by Crippen LogP contribution is -2.58. The van der Waals surface area contributed by atoms with Crippen LogP contribution in [0.3, 0.4) is 0 Å². The van der Waals surface area contributed by atoms with Crippen molar-refractivity contribution in [3.8, 4) is 0 Å². The summed E-state index contributed by atoms with van der Waals surface area (Å²) in [6.07, 6.45) is 0.0102. The summed E-state index contributed by atoms with van der Waals surface area (Å²) >= 11 is 0. The van der Waals surface area contributed by atoms with E-state index in [2.05, 4.69) is 37.2 Å². The molecule has 0 aliphatic carbocycles. The van der Waals surface area contributed by atoms with Crippen molar-refractivity contribution in [1.82, 2.24) is 37.2 Å². The number of rotatable bonds is 13. The molecule has 0 unspecified atom stereocenters. The molecular formula is C32H41N9O8. The fourth-order valence-electron chi connectivity index (χ4n) is 4.99. The van der Waals surface area contributed by atoms with Crippen LogP contribution in [-0.4, -0.2) is 90.2 Å². The Kier molecular flexibility index (Phi) is 14.5. The first-order chi connectivity index (χ1) is 23.4. The highest BCUT2D eigenvalue weighted by Gasteiger charge is 2.33. The first-order valence-corrected chi connectivity index (χ1v) is 15.5. The van der Waals surface area contributed by atoms with Crippen molar-refractivity contribution in [3.05, 3.63) is 71.3 Å². The van der Waals surface area contributed by atoms with Crippen LogP contribution in [0.4, 0.5) is 0 Å². The van der Waals surface area contributed by atoms with Crippen molar-refractivity contribution in [3.63, 3.8) is 0 Å². The number of carbonyl (C=O) groups excluding carboxylic acids is 6. The van der Waals surface area contributed by atoms with Crippen LogP contribution >= 0.6 is 0 Å². The van der Waals surface area contributed by atoms with Gasteiger partial charge in [0.15, 0.2) is 5.96 Å².